The van der Waals surface area contributed by atoms with E-state index < -0.39 is 0 Å². The molecule has 0 amide bonds. The summed E-state index contributed by atoms with van der Waals surface area (Å²) in [5.41, 5.74) is 5.79. The van der Waals surface area contributed by atoms with Crippen LogP contribution in [0.2, 0.25) is 0 Å². The van der Waals surface area contributed by atoms with Gasteiger partial charge >= 0.3 is 0 Å². The van der Waals surface area contributed by atoms with Crippen LogP contribution in [-0.2, 0) is 0 Å². The highest BCUT2D eigenvalue weighted by atomic mass is 14.6. The molecule has 1 rings (SSSR count). The van der Waals surface area contributed by atoms with Crippen LogP contribution in [0, 0.1) is 11.8 Å². The molecule has 3 atom stereocenters. The first-order valence-electron chi connectivity index (χ1n) is 3.95. The van der Waals surface area contributed by atoms with Crippen molar-refractivity contribution in [2.24, 2.45) is 17.6 Å². The molecule has 0 aromatic rings. The molecule has 9 heavy (non-hydrogen) atoms. The number of hydrogen-bond acceptors (Lipinski definition) is 1. The van der Waals surface area contributed by atoms with Gasteiger partial charge < -0.3 is 5.73 Å². The van der Waals surface area contributed by atoms with E-state index in [-0.39, 0.29) is 0 Å². The fraction of sp³-hybridized carbons (Fsp3) is 1.00. The molecular weight excluding hydrogens is 110 g/mol. The molecule has 0 bridgehead atoms. The second kappa shape index (κ2) is 2.70. The van der Waals surface area contributed by atoms with Crippen LogP contribution >= 0.6 is 0 Å². The molecule has 0 aromatic heterocycles. The van der Waals surface area contributed by atoms with E-state index in [1.165, 1.54) is 19.3 Å². The Hall–Kier alpha value is -0.0400. The number of rotatable bonds is 0. The lowest BCUT2D eigenvalue weighted by Gasteiger charge is -2.29. The average molecular weight is 127 g/mol. The van der Waals surface area contributed by atoms with Crippen LogP contribution in [0.25, 0.3) is 0 Å². The summed E-state index contributed by atoms with van der Waals surface area (Å²) >= 11 is 0. The molecule has 1 fully saturated rings. The summed E-state index contributed by atoms with van der Waals surface area (Å²) in [6.07, 6.45) is 3.81. The zero-order valence-electron chi connectivity index (χ0n) is 6.43. The molecule has 0 aromatic carbocycles. The highest BCUT2D eigenvalue weighted by Crippen LogP contribution is 2.27. The van der Waals surface area contributed by atoms with Crippen LogP contribution in [0.1, 0.15) is 33.1 Å². The van der Waals surface area contributed by atoms with E-state index in [2.05, 4.69) is 13.8 Å². The lowest BCUT2D eigenvalue weighted by molar-refractivity contribution is 0.251. The second-order valence-corrected chi connectivity index (χ2v) is 3.53. The second-order valence-electron chi connectivity index (χ2n) is 3.53. The van der Waals surface area contributed by atoms with Gasteiger partial charge in [-0.05, 0) is 31.1 Å². The van der Waals surface area contributed by atoms with Crippen LogP contribution in [0.15, 0.2) is 0 Å². The average Bonchev–Trinajstić information content (AvgIpc) is 1.80. The first-order valence-corrected chi connectivity index (χ1v) is 3.95. The first-order chi connectivity index (χ1) is 4.20. The molecule has 1 nitrogen and oxygen atoms in total. The Balaban J connectivity index is 2.35. The highest BCUT2D eigenvalue weighted by Gasteiger charge is 2.21. The highest BCUT2D eigenvalue weighted by molar-refractivity contribution is 4.76. The van der Waals surface area contributed by atoms with Crippen LogP contribution < -0.4 is 5.73 Å². The molecule has 2 N–H and O–H groups in total. The first kappa shape index (κ1) is 7.07. The molecule has 54 valence electrons. The normalized spacial score (nSPS) is 45.0. The molecule has 0 spiro atoms. The third kappa shape index (κ3) is 1.68. The summed E-state index contributed by atoms with van der Waals surface area (Å²) < 4.78 is 0. The van der Waals surface area contributed by atoms with E-state index in [1.54, 1.807) is 0 Å². The van der Waals surface area contributed by atoms with Gasteiger partial charge in [-0.25, -0.2) is 0 Å². The van der Waals surface area contributed by atoms with Gasteiger partial charge in [0.2, 0.25) is 0 Å². The van der Waals surface area contributed by atoms with Gasteiger partial charge in [0, 0.05) is 6.04 Å². The van der Waals surface area contributed by atoms with Crippen molar-refractivity contribution < 1.29 is 0 Å². The van der Waals surface area contributed by atoms with E-state index in [1.807, 2.05) is 0 Å². The van der Waals surface area contributed by atoms with Gasteiger partial charge in [0.25, 0.3) is 0 Å². The molecule has 0 radical (unpaired) electrons. The third-order valence-corrected chi connectivity index (χ3v) is 2.64. The van der Waals surface area contributed by atoms with Crippen molar-refractivity contribution >= 4 is 0 Å². The molecule has 0 saturated heterocycles. The predicted octanol–water partition coefficient (Wildman–Crippen LogP) is 1.77. The minimum atomic E-state index is 0.496. The van der Waals surface area contributed by atoms with Crippen LogP contribution in [0.4, 0.5) is 0 Å². The summed E-state index contributed by atoms with van der Waals surface area (Å²) in [6.45, 7) is 4.64. The maximum atomic E-state index is 5.79. The third-order valence-electron chi connectivity index (χ3n) is 2.64. The van der Waals surface area contributed by atoms with Crippen molar-refractivity contribution in [1.29, 1.82) is 0 Å². The van der Waals surface area contributed by atoms with Crippen LogP contribution in [0.3, 0.4) is 0 Å². The van der Waals surface area contributed by atoms with Gasteiger partial charge in [0.1, 0.15) is 0 Å². The smallest absolute Gasteiger partial charge is 0.00415 e. The maximum Gasteiger partial charge on any atom is 0.00415 e. The molecule has 0 aliphatic heterocycles. The minimum Gasteiger partial charge on any atom is -0.328 e. The Kier molecular flexibility index (Phi) is 2.12. The molecule has 1 aliphatic carbocycles. The van der Waals surface area contributed by atoms with E-state index in [0.29, 0.717) is 6.04 Å². The molecule has 0 heterocycles. The summed E-state index contributed by atoms with van der Waals surface area (Å²) in [7, 11) is 0. The van der Waals surface area contributed by atoms with E-state index in [9.17, 15) is 0 Å². The van der Waals surface area contributed by atoms with Crippen molar-refractivity contribution in [1.82, 2.24) is 0 Å². The van der Waals surface area contributed by atoms with Crippen LogP contribution in [0.5, 0.6) is 0 Å². The number of nitrogens with two attached hydrogens (primary N) is 1. The Morgan fingerprint density at radius 3 is 2.22 bits per heavy atom. The van der Waals surface area contributed by atoms with Crippen LogP contribution in [-0.4, -0.2) is 6.04 Å². The zero-order chi connectivity index (χ0) is 6.85. The Labute approximate surface area is 57.6 Å². The molecule has 2 unspecified atom stereocenters. The van der Waals surface area contributed by atoms with Gasteiger partial charge in [0.15, 0.2) is 0 Å². The standard InChI is InChI=1S/C8H17N/c1-6-3-4-8(9)5-7(6)2/h6-8H,3-5,9H2,1-2H3/t6?,7-,8?/m1/s1. The Morgan fingerprint density at radius 1 is 1.11 bits per heavy atom. The SMILES string of the molecule is CC1CCC(N)C[C@H]1C. The van der Waals surface area contributed by atoms with Gasteiger partial charge in [-0.2, -0.15) is 0 Å². The Morgan fingerprint density at radius 2 is 1.78 bits per heavy atom. The molecule has 1 saturated carbocycles. The van der Waals surface area contributed by atoms with Crippen molar-refractivity contribution in [2.45, 2.75) is 39.2 Å². The zero-order valence-corrected chi connectivity index (χ0v) is 6.43. The fourth-order valence-corrected chi connectivity index (χ4v) is 1.59. The summed E-state index contributed by atoms with van der Waals surface area (Å²) in [4.78, 5) is 0. The lowest BCUT2D eigenvalue weighted by atomic mass is 9.79. The lowest BCUT2D eigenvalue weighted by Crippen LogP contribution is -2.30. The molecule has 1 aliphatic rings. The quantitative estimate of drug-likeness (QED) is 0.527. The van der Waals surface area contributed by atoms with Gasteiger partial charge in [-0.15, -0.1) is 0 Å². The number of hydrogen-bond donors (Lipinski definition) is 1. The van der Waals surface area contributed by atoms with E-state index >= 15 is 0 Å². The van der Waals surface area contributed by atoms with E-state index in [0.717, 1.165) is 11.8 Å². The van der Waals surface area contributed by atoms with Crippen molar-refractivity contribution in [2.75, 3.05) is 0 Å². The van der Waals surface area contributed by atoms with E-state index in [4.69, 9.17) is 5.73 Å². The summed E-state index contributed by atoms with van der Waals surface area (Å²) in [5.74, 6) is 1.76. The van der Waals surface area contributed by atoms with Crippen molar-refractivity contribution in [3.8, 4) is 0 Å². The molecule has 1 heteroatoms. The summed E-state index contributed by atoms with van der Waals surface area (Å²) in [6, 6.07) is 0.496. The van der Waals surface area contributed by atoms with Crippen molar-refractivity contribution in [3.63, 3.8) is 0 Å². The maximum absolute atomic E-state index is 5.79. The van der Waals surface area contributed by atoms with Gasteiger partial charge in [0.05, 0.1) is 0 Å². The molecular formula is C8H17N. The van der Waals surface area contributed by atoms with Gasteiger partial charge in [-0.3, -0.25) is 0 Å². The predicted molar refractivity (Wildman–Crippen MR) is 40.2 cm³/mol. The topological polar surface area (TPSA) is 26.0 Å². The largest absolute Gasteiger partial charge is 0.328 e. The fourth-order valence-electron chi connectivity index (χ4n) is 1.59. The van der Waals surface area contributed by atoms with Gasteiger partial charge in [-0.1, -0.05) is 13.8 Å². The minimum absolute atomic E-state index is 0.496. The monoisotopic (exact) mass is 127 g/mol. The summed E-state index contributed by atoms with van der Waals surface area (Å²) in [5, 5.41) is 0. The van der Waals surface area contributed by atoms with Crippen molar-refractivity contribution in [3.05, 3.63) is 0 Å². The Bertz CT molecular complexity index is 90.6.